The summed E-state index contributed by atoms with van der Waals surface area (Å²) in [7, 11) is 0. The van der Waals surface area contributed by atoms with Crippen LogP contribution >= 0.6 is 11.6 Å². The molecule has 0 aliphatic carbocycles. The van der Waals surface area contributed by atoms with Crippen LogP contribution in [-0.2, 0) is 0 Å². The summed E-state index contributed by atoms with van der Waals surface area (Å²) in [4.78, 5) is 7.45. The van der Waals surface area contributed by atoms with E-state index in [1.54, 1.807) is 18.5 Å². The number of nitrogens with zero attached hydrogens (tertiary/aromatic N) is 3. The average molecular weight is 166 g/mol. The van der Waals surface area contributed by atoms with Crippen molar-refractivity contribution < 1.29 is 0 Å². The molecule has 0 saturated carbocycles. The third kappa shape index (κ3) is 2.36. The van der Waals surface area contributed by atoms with E-state index >= 15 is 0 Å². The second-order valence-electron chi connectivity index (χ2n) is 1.75. The predicted octanol–water partition coefficient (Wildman–Crippen LogP) is 1.67. The van der Waals surface area contributed by atoms with Crippen LogP contribution in [0.4, 0.5) is 0 Å². The molecule has 0 bridgehead atoms. The summed E-state index contributed by atoms with van der Waals surface area (Å²) in [5.41, 5.74) is 0.760. The molecule has 54 valence electrons. The standard InChI is InChI=1S/C7H4ClN3/c8-7-10-4-6(5-11-7)2-1-3-9/h1-2,4-5H. The molecular formula is C7H4ClN3. The van der Waals surface area contributed by atoms with Gasteiger partial charge in [0.1, 0.15) is 0 Å². The Bertz CT molecular complexity index is 296. The zero-order valence-corrected chi connectivity index (χ0v) is 6.28. The van der Waals surface area contributed by atoms with Crippen LogP contribution in [0.25, 0.3) is 6.08 Å². The molecule has 0 unspecified atom stereocenters. The SMILES string of the molecule is N#CC=Cc1cnc(Cl)nc1. The van der Waals surface area contributed by atoms with E-state index in [1.165, 1.54) is 6.08 Å². The van der Waals surface area contributed by atoms with Gasteiger partial charge in [-0.2, -0.15) is 5.26 Å². The van der Waals surface area contributed by atoms with Gasteiger partial charge in [-0.15, -0.1) is 0 Å². The number of hydrogen-bond acceptors (Lipinski definition) is 3. The van der Waals surface area contributed by atoms with Gasteiger partial charge in [-0.3, -0.25) is 0 Å². The lowest BCUT2D eigenvalue weighted by Gasteiger charge is -1.88. The molecule has 0 aliphatic rings. The van der Waals surface area contributed by atoms with Crippen molar-refractivity contribution in [2.45, 2.75) is 0 Å². The van der Waals surface area contributed by atoms with Gasteiger partial charge in [-0.05, 0) is 17.7 Å². The van der Waals surface area contributed by atoms with Gasteiger partial charge < -0.3 is 0 Å². The van der Waals surface area contributed by atoms with Crippen LogP contribution in [0.2, 0.25) is 5.28 Å². The molecule has 1 aromatic rings. The summed E-state index contributed by atoms with van der Waals surface area (Å²) in [6, 6.07) is 1.86. The molecule has 0 spiro atoms. The highest BCUT2D eigenvalue weighted by atomic mass is 35.5. The molecule has 0 N–H and O–H groups in total. The molecule has 4 heteroatoms. The van der Waals surface area contributed by atoms with Gasteiger partial charge in [-0.1, -0.05) is 0 Å². The number of allylic oxidation sites excluding steroid dienone is 1. The molecule has 0 aromatic carbocycles. The summed E-state index contributed by atoms with van der Waals surface area (Å²) in [6.45, 7) is 0. The lowest BCUT2D eigenvalue weighted by atomic mass is 10.3. The van der Waals surface area contributed by atoms with E-state index in [0.717, 1.165) is 5.56 Å². The van der Waals surface area contributed by atoms with Gasteiger partial charge in [0.15, 0.2) is 0 Å². The van der Waals surface area contributed by atoms with Crippen molar-refractivity contribution in [3.05, 3.63) is 29.3 Å². The predicted molar refractivity (Wildman–Crippen MR) is 41.7 cm³/mol. The number of nitriles is 1. The Morgan fingerprint density at radius 2 is 2.09 bits per heavy atom. The molecule has 0 amide bonds. The fourth-order valence-electron chi connectivity index (χ4n) is 0.542. The highest BCUT2D eigenvalue weighted by Gasteiger charge is 1.88. The zero-order valence-electron chi connectivity index (χ0n) is 5.53. The third-order valence-corrected chi connectivity index (χ3v) is 1.19. The molecule has 1 rings (SSSR count). The van der Waals surface area contributed by atoms with E-state index < -0.39 is 0 Å². The normalized spacial score (nSPS) is 9.82. The first kappa shape index (κ1) is 7.70. The van der Waals surface area contributed by atoms with Crippen LogP contribution in [-0.4, -0.2) is 9.97 Å². The number of rotatable bonds is 1. The minimum absolute atomic E-state index is 0.208. The molecule has 0 saturated heterocycles. The Hall–Kier alpha value is -1.40. The quantitative estimate of drug-likeness (QED) is 0.470. The lowest BCUT2D eigenvalue weighted by Crippen LogP contribution is -1.81. The second-order valence-corrected chi connectivity index (χ2v) is 2.09. The summed E-state index contributed by atoms with van der Waals surface area (Å²) in [6.07, 6.45) is 6.05. The van der Waals surface area contributed by atoms with Crippen molar-refractivity contribution in [3.8, 4) is 6.07 Å². The molecule has 0 atom stereocenters. The first-order valence-electron chi connectivity index (χ1n) is 2.86. The molecule has 0 radical (unpaired) electrons. The van der Waals surface area contributed by atoms with Gasteiger partial charge in [0.25, 0.3) is 0 Å². The second kappa shape index (κ2) is 3.69. The van der Waals surface area contributed by atoms with Crippen LogP contribution in [0, 0.1) is 11.3 Å². The first-order chi connectivity index (χ1) is 5.33. The molecule has 0 fully saturated rings. The molecule has 0 aliphatic heterocycles. The van der Waals surface area contributed by atoms with E-state index in [1.807, 2.05) is 6.07 Å². The van der Waals surface area contributed by atoms with E-state index in [0.29, 0.717) is 0 Å². The van der Waals surface area contributed by atoms with Gasteiger partial charge in [0.05, 0.1) is 6.07 Å². The van der Waals surface area contributed by atoms with Crippen molar-refractivity contribution in [3.63, 3.8) is 0 Å². The Morgan fingerprint density at radius 3 is 2.64 bits per heavy atom. The third-order valence-electron chi connectivity index (χ3n) is 0.991. The Balaban J connectivity index is 2.84. The van der Waals surface area contributed by atoms with Gasteiger partial charge in [0.2, 0.25) is 5.28 Å². The summed E-state index contributed by atoms with van der Waals surface area (Å²) in [5.74, 6) is 0. The summed E-state index contributed by atoms with van der Waals surface area (Å²) >= 11 is 5.43. The van der Waals surface area contributed by atoms with Gasteiger partial charge in [0, 0.05) is 24.0 Å². The van der Waals surface area contributed by atoms with Crippen molar-refractivity contribution in [2.75, 3.05) is 0 Å². The first-order valence-corrected chi connectivity index (χ1v) is 3.24. The Labute approximate surface area is 69.0 Å². The van der Waals surface area contributed by atoms with Gasteiger partial charge in [-0.25, -0.2) is 9.97 Å². The summed E-state index contributed by atoms with van der Waals surface area (Å²) < 4.78 is 0. The maximum atomic E-state index is 8.18. The largest absolute Gasteiger partial charge is 0.226 e. The van der Waals surface area contributed by atoms with Crippen molar-refractivity contribution >= 4 is 17.7 Å². The fourth-order valence-corrected chi connectivity index (χ4v) is 0.639. The molecular weight excluding hydrogens is 162 g/mol. The number of halogens is 1. The molecule has 1 heterocycles. The molecule has 1 aromatic heterocycles. The van der Waals surface area contributed by atoms with Crippen molar-refractivity contribution in [1.29, 1.82) is 5.26 Å². The monoisotopic (exact) mass is 165 g/mol. The topological polar surface area (TPSA) is 49.6 Å². The zero-order chi connectivity index (χ0) is 8.10. The van der Waals surface area contributed by atoms with E-state index in [2.05, 4.69) is 9.97 Å². The Kier molecular flexibility index (Phi) is 2.59. The highest BCUT2D eigenvalue weighted by Crippen LogP contribution is 2.01. The van der Waals surface area contributed by atoms with Gasteiger partial charge >= 0.3 is 0 Å². The van der Waals surface area contributed by atoms with Crippen LogP contribution in [0.5, 0.6) is 0 Å². The average Bonchev–Trinajstić information content (AvgIpc) is 2.04. The van der Waals surface area contributed by atoms with Crippen molar-refractivity contribution in [1.82, 2.24) is 9.97 Å². The molecule has 11 heavy (non-hydrogen) atoms. The minimum atomic E-state index is 0.208. The van der Waals surface area contributed by atoms with Crippen LogP contribution in [0.1, 0.15) is 5.56 Å². The minimum Gasteiger partial charge on any atom is -0.226 e. The maximum Gasteiger partial charge on any atom is 0.222 e. The smallest absolute Gasteiger partial charge is 0.222 e. The maximum absolute atomic E-state index is 8.18. The van der Waals surface area contributed by atoms with E-state index in [4.69, 9.17) is 16.9 Å². The van der Waals surface area contributed by atoms with Crippen molar-refractivity contribution in [2.24, 2.45) is 0 Å². The number of hydrogen-bond donors (Lipinski definition) is 0. The number of aromatic nitrogens is 2. The van der Waals surface area contributed by atoms with E-state index in [-0.39, 0.29) is 5.28 Å². The van der Waals surface area contributed by atoms with Crippen LogP contribution in [0.15, 0.2) is 18.5 Å². The van der Waals surface area contributed by atoms with Crippen LogP contribution in [0.3, 0.4) is 0 Å². The fraction of sp³-hybridized carbons (Fsp3) is 0. The molecule has 3 nitrogen and oxygen atoms in total. The Morgan fingerprint density at radius 1 is 1.45 bits per heavy atom. The van der Waals surface area contributed by atoms with Crippen LogP contribution < -0.4 is 0 Å². The highest BCUT2D eigenvalue weighted by molar-refractivity contribution is 6.28. The van der Waals surface area contributed by atoms with E-state index in [9.17, 15) is 0 Å². The summed E-state index contributed by atoms with van der Waals surface area (Å²) in [5, 5.41) is 8.39. The lowest BCUT2D eigenvalue weighted by molar-refractivity contribution is 1.16.